The Morgan fingerprint density at radius 2 is 2.37 bits per heavy atom. The number of H-pyrrole nitrogens is 1. The van der Waals surface area contributed by atoms with Crippen LogP contribution in [0.25, 0.3) is 0 Å². The molecule has 0 aliphatic carbocycles. The van der Waals surface area contributed by atoms with Gasteiger partial charge in [0.1, 0.15) is 12.3 Å². The molecule has 1 unspecified atom stereocenters. The molecule has 0 radical (unpaired) electrons. The maximum Gasteiger partial charge on any atom is 0.330 e. The number of aliphatic hydroxyl groups is 2. The molecule has 3 N–H and O–H groups in total. The van der Waals surface area contributed by atoms with E-state index in [1.807, 2.05) is 0 Å². The molecule has 3 atom stereocenters. The maximum absolute atomic E-state index is 11.7. The number of rotatable bonds is 2. The van der Waals surface area contributed by atoms with Crippen molar-refractivity contribution in [1.82, 2.24) is 9.55 Å². The summed E-state index contributed by atoms with van der Waals surface area (Å²) in [6, 6.07) is 0. The number of aromatic amines is 1. The third-order valence-electron chi connectivity index (χ3n) is 3.24. The molecule has 2 heterocycles. The number of nitrogens with one attached hydrogen (secondary N) is 1. The third kappa shape index (κ3) is 2.10. The Kier molecular flexibility index (Phi) is 3.32. The monoisotopic (exact) mass is 266 g/mol. The van der Waals surface area contributed by atoms with Crippen molar-refractivity contribution >= 4 is 0 Å². The van der Waals surface area contributed by atoms with Gasteiger partial charge in [-0.15, -0.1) is 6.42 Å². The Labute approximate surface area is 108 Å². The highest BCUT2D eigenvalue weighted by atomic mass is 16.6. The van der Waals surface area contributed by atoms with Crippen LogP contribution < -0.4 is 11.2 Å². The molecule has 1 aromatic rings. The van der Waals surface area contributed by atoms with E-state index in [0.29, 0.717) is 5.56 Å². The van der Waals surface area contributed by atoms with Crippen LogP contribution in [0.15, 0.2) is 15.8 Å². The third-order valence-corrected chi connectivity index (χ3v) is 3.24. The zero-order valence-corrected chi connectivity index (χ0v) is 10.3. The Morgan fingerprint density at radius 3 is 2.89 bits per heavy atom. The summed E-state index contributed by atoms with van der Waals surface area (Å²) in [6.07, 6.45) is 4.73. The van der Waals surface area contributed by atoms with Gasteiger partial charge in [-0.1, -0.05) is 5.92 Å². The number of hydrogen-bond acceptors (Lipinski definition) is 5. The second-order valence-corrected chi connectivity index (χ2v) is 4.49. The van der Waals surface area contributed by atoms with Crippen LogP contribution >= 0.6 is 0 Å². The molecule has 0 spiro atoms. The summed E-state index contributed by atoms with van der Waals surface area (Å²) < 4.78 is 6.57. The molecule has 2 rings (SSSR count). The largest absolute Gasteiger partial charge is 0.392 e. The summed E-state index contributed by atoms with van der Waals surface area (Å²) in [5.41, 5.74) is -2.32. The van der Waals surface area contributed by atoms with Crippen molar-refractivity contribution < 1.29 is 14.9 Å². The molecule has 7 heteroatoms. The molecular weight excluding hydrogens is 252 g/mol. The first-order valence-electron chi connectivity index (χ1n) is 5.70. The zero-order valence-electron chi connectivity index (χ0n) is 10.3. The fourth-order valence-corrected chi connectivity index (χ4v) is 2.04. The van der Waals surface area contributed by atoms with E-state index in [1.54, 1.807) is 6.92 Å². The van der Waals surface area contributed by atoms with E-state index in [1.165, 1.54) is 6.20 Å². The van der Waals surface area contributed by atoms with Gasteiger partial charge in [0.25, 0.3) is 5.56 Å². The number of aliphatic hydroxyl groups excluding tert-OH is 2. The van der Waals surface area contributed by atoms with Crippen molar-refractivity contribution in [2.75, 3.05) is 6.61 Å². The van der Waals surface area contributed by atoms with Crippen molar-refractivity contribution in [3.8, 4) is 12.3 Å². The van der Waals surface area contributed by atoms with Gasteiger partial charge in [-0.3, -0.25) is 14.3 Å². The predicted octanol–water partition coefficient (Wildman–Crippen LogP) is -1.51. The SMILES string of the molecule is C#C[C@]1(CO)O[C@@H](n2cc(C)c(=O)[nH]c2=O)CC1O. The Morgan fingerprint density at radius 1 is 1.68 bits per heavy atom. The van der Waals surface area contributed by atoms with Crippen molar-refractivity contribution in [3.05, 3.63) is 32.6 Å². The molecule has 0 bridgehead atoms. The number of aryl methyl sites for hydroxylation is 1. The molecule has 0 amide bonds. The Bertz CT molecular complexity index is 641. The lowest BCUT2D eigenvalue weighted by molar-refractivity contribution is -0.0913. The topological polar surface area (TPSA) is 105 Å². The molecule has 1 saturated heterocycles. The summed E-state index contributed by atoms with van der Waals surface area (Å²) >= 11 is 0. The van der Waals surface area contributed by atoms with E-state index < -0.39 is 35.8 Å². The highest BCUT2D eigenvalue weighted by Gasteiger charge is 2.47. The minimum absolute atomic E-state index is 0.0517. The molecule has 1 aliphatic heterocycles. The standard InChI is InChI=1S/C12H14N2O5/c1-3-12(6-15)8(16)4-9(19-12)14-5-7(2)10(17)13-11(14)18/h1,5,8-9,15-16H,4,6H2,2H3,(H,13,17,18)/t8?,9-,12-/m1/s1. The van der Waals surface area contributed by atoms with Gasteiger partial charge in [0.05, 0.1) is 6.61 Å². The summed E-state index contributed by atoms with van der Waals surface area (Å²) in [5.74, 6) is 2.21. The summed E-state index contributed by atoms with van der Waals surface area (Å²) in [6.45, 7) is 0.985. The lowest BCUT2D eigenvalue weighted by Crippen LogP contribution is -2.41. The van der Waals surface area contributed by atoms with Crippen molar-refractivity contribution in [2.24, 2.45) is 0 Å². The highest BCUT2D eigenvalue weighted by molar-refractivity contribution is 5.16. The van der Waals surface area contributed by atoms with Crippen LogP contribution in [0.3, 0.4) is 0 Å². The van der Waals surface area contributed by atoms with Gasteiger partial charge in [0.2, 0.25) is 0 Å². The molecule has 1 fully saturated rings. The van der Waals surface area contributed by atoms with Gasteiger partial charge >= 0.3 is 5.69 Å². The summed E-state index contributed by atoms with van der Waals surface area (Å²) in [4.78, 5) is 25.1. The van der Waals surface area contributed by atoms with E-state index in [9.17, 15) is 19.8 Å². The van der Waals surface area contributed by atoms with Crippen molar-refractivity contribution in [3.63, 3.8) is 0 Å². The molecular formula is C12H14N2O5. The van der Waals surface area contributed by atoms with Crippen LogP contribution in [-0.4, -0.2) is 38.1 Å². The van der Waals surface area contributed by atoms with Crippen molar-refractivity contribution in [1.29, 1.82) is 0 Å². The van der Waals surface area contributed by atoms with Crippen molar-refractivity contribution in [2.45, 2.75) is 31.3 Å². The van der Waals surface area contributed by atoms with Crippen LogP contribution in [0.2, 0.25) is 0 Å². The fraction of sp³-hybridized carbons (Fsp3) is 0.500. The lowest BCUT2D eigenvalue weighted by atomic mass is 9.99. The number of aromatic nitrogens is 2. The maximum atomic E-state index is 11.7. The zero-order chi connectivity index (χ0) is 14.2. The highest BCUT2D eigenvalue weighted by Crippen LogP contribution is 2.35. The molecule has 7 nitrogen and oxygen atoms in total. The average molecular weight is 266 g/mol. The molecule has 0 aromatic carbocycles. The fourth-order valence-electron chi connectivity index (χ4n) is 2.04. The van der Waals surface area contributed by atoms with E-state index in [2.05, 4.69) is 10.9 Å². The van der Waals surface area contributed by atoms with E-state index in [-0.39, 0.29) is 6.42 Å². The van der Waals surface area contributed by atoms with Gasteiger partial charge < -0.3 is 14.9 Å². The molecule has 1 aromatic heterocycles. The molecule has 19 heavy (non-hydrogen) atoms. The number of terminal acetylenes is 1. The van der Waals surface area contributed by atoms with E-state index >= 15 is 0 Å². The van der Waals surface area contributed by atoms with Crippen LogP contribution in [0, 0.1) is 19.3 Å². The smallest absolute Gasteiger partial charge is 0.330 e. The number of hydrogen-bond donors (Lipinski definition) is 3. The van der Waals surface area contributed by atoms with Crippen LogP contribution in [0.4, 0.5) is 0 Å². The normalized spacial score (nSPS) is 30.2. The first-order valence-corrected chi connectivity index (χ1v) is 5.70. The Balaban J connectivity index is 2.42. The Hall–Kier alpha value is -1.88. The quantitative estimate of drug-likeness (QED) is 0.564. The van der Waals surface area contributed by atoms with E-state index in [4.69, 9.17) is 11.2 Å². The predicted molar refractivity (Wildman–Crippen MR) is 65.5 cm³/mol. The van der Waals surface area contributed by atoms with Gasteiger partial charge in [0, 0.05) is 18.2 Å². The number of nitrogens with zero attached hydrogens (tertiary/aromatic N) is 1. The first-order chi connectivity index (χ1) is 8.93. The van der Waals surface area contributed by atoms with Gasteiger partial charge in [0.15, 0.2) is 5.60 Å². The molecule has 0 saturated carbocycles. The van der Waals surface area contributed by atoms with Gasteiger partial charge in [-0.2, -0.15) is 0 Å². The van der Waals surface area contributed by atoms with Gasteiger partial charge in [-0.05, 0) is 6.92 Å². The van der Waals surface area contributed by atoms with Crippen LogP contribution in [-0.2, 0) is 4.74 Å². The second kappa shape index (κ2) is 4.66. The summed E-state index contributed by atoms with van der Waals surface area (Å²) in [5, 5.41) is 19.1. The van der Waals surface area contributed by atoms with E-state index in [0.717, 1.165) is 4.57 Å². The summed E-state index contributed by atoms with van der Waals surface area (Å²) in [7, 11) is 0. The van der Waals surface area contributed by atoms with Crippen LogP contribution in [0.5, 0.6) is 0 Å². The first kappa shape index (κ1) is 13.5. The molecule has 1 aliphatic rings. The number of ether oxygens (including phenoxy) is 1. The minimum Gasteiger partial charge on any atom is -0.392 e. The lowest BCUT2D eigenvalue weighted by Gasteiger charge is -2.23. The van der Waals surface area contributed by atoms with Gasteiger partial charge in [-0.25, -0.2) is 4.79 Å². The average Bonchev–Trinajstić information content (AvgIpc) is 2.71. The molecule has 102 valence electrons. The second-order valence-electron chi connectivity index (χ2n) is 4.49. The minimum atomic E-state index is -1.52. The van der Waals surface area contributed by atoms with Crippen LogP contribution in [0.1, 0.15) is 18.2 Å².